The van der Waals surface area contributed by atoms with Crippen LogP contribution in [0, 0.1) is 0 Å². The van der Waals surface area contributed by atoms with Gasteiger partial charge in [0.15, 0.2) is 0 Å². The van der Waals surface area contributed by atoms with Crippen molar-refractivity contribution in [3.8, 4) is 0 Å². The second-order valence-corrected chi connectivity index (χ2v) is 5.93. The summed E-state index contributed by atoms with van der Waals surface area (Å²) in [5.74, 6) is 1.50. The van der Waals surface area contributed by atoms with Crippen molar-refractivity contribution in [1.82, 2.24) is 9.97 Å². The molecule has 1 heterocycles. The van der Waals surface area contributed by atoms with E-state index < -0.39 is 0 Å². The van der Waals surface area contributed by atoms with Crippen molar-refractivity contribution in [1.29, 1.82) is 0 Å². The maximum absolute atomic E-state index is 5.97. The van der Waals surface area contributed by atoms with Gasteiger partial charge in [0.1, 0.15) is 11.0 Å². The Balaban J connectivity index is 2.11. The van der Waals surface area contributed by atoms with Gasteiger partial charge in [0.25, 0.3) is 0 Å². The highest BCUT2D eigenvalue weighted by Crippen LogP contribution is 2.29. The molecule has 1 aromatic carbocycles. The molecule has 5 heteroatoms. The monoisotopic (exact) mass is 342 g/mol. The number of nitrogens with zero attached hydrogens (tertiary/aromatic N) is 2. The highest BCUT2D eigenvalue weighted by atomic mass is 79.9. The first-order chi connectivity index (χ1) is 8.69. The normalized spacial score (nSPS) is 10.6. The van der Waals surface area contributed by atoms with Gasteiger partial charge in [0.05, 0.1) is 5.75 Å². The second-order valence-electron chi connectivity index (χ2n) is 3.67. The molecule has 0 spiro atoms. The molecule has 0 fully saturated rings. The van der Waals surface area contributed by atoms with E-state index >= 15 is 0 Å². The molecule has 2 rings (SSSR count). The summed E-state index contributed by atoms with van der Waals surface area (Å²) in [5.41, 5.74) is 0.984. The Bertz CT molecular complexity index is 548. The summed E-state index contributed by atoms with van der Waals surface area (Å²) < 4.78 is 1.09. The Morgan fingerprint density at radius 1 is 1.28 bits per heavy atom. The van der Waals surface area contributed by atoms with Crippen LogP contribution in [0.3, 0.4) is 0 Å². The zero-order valence-corrected chi connectivity index (χ0v) is 13.0. The van der Waals surface area contributed by atoms with Crippen LogP contribution in [0.5, 0.6) is 0 Å². The number of rotatable bonds is 4. The fraction of sp³-hybridized carbons (Fsp3) is 0.231. The summed E-state index contributed by atoms with van der Waals surface area (Å²) in [5, 5.41) is 0.518. The second kappa shape index (κ2) is 6.55. The summed E-state index contributed by atoms with van der Waals surface area (Å²) in [6.45, 7) is 2.06. The van der Waals surface area contributed by atoms with Crippen LogP contribution in [0.1, 0.15) is 18.4 Å². The van der Waals surface area contributed by atoms with Crippen LogP contribution in [0.4, 0.5) is 0 Å². The van der Waals surface area contributed by atoms with Gasteiger partial charge in [-0.05, 0) is 40.5 Å². The molecule has 2 aromatic rings. The van der Waals surface area contributed by atoms with Gasteiger partial charge in [0, 0.05) is 15.1 Å². The molecule has 0 unspecified atom stereocenters. The van der Waals surface area contributed by atoms with E-state index in [1.807, 2.05) is 24.3 Å². The lowest BCUT2D eigenvalue weighted by Gasteiger charge is -2.05. The average Bonchev–Trinajstić information content (AvgIpc) is 2.37. The molecule has 0 saturated heterocycles. The van der Waals surface area contributed by atoms with Gasteiger partial charge >= 0.3 is 0 Å². The lowest BCUT2D eigenvalue weighted by molar-refractivity contribution is 0.940. The maximum atomic E-state index is 5.97. The summed E-state index contributed by atoms with van der Waals surface area (Å²) in [4.78, 5) is 9.89. The SMILES string of the molecule is CCc1cc(Cl)nc(CSc2ccccc2Br)n1. The molecular formula is C13H12BrClN2S. The molecule has 0 radical (unpaired) electrons. The number of benzene rings is 1. The van der Waals surface area contributed by atoms with Gasteiger partial charge in [-0.3, -0.25) is 0 Å². The molecular weight excluding hydrogens is 332 g/mol. The predicted molar refractivity (Wildman–Crippen MR) is 80.1 cm³/mol. The summed E-state index contributed by atoms with van der Waals surface area (Å²) >= 11 is 11.2. The Morgan fingerprint density at radius 2 is 2.06 bits per heavy atom. The predicted octanol–water partition coefficient (Wildman–Crippen LogP) is 4.75. The van der Waals surface area contributed by atoms with Gasteiger partial charge in [0.2, 0.25) is 0 Å². The largest absolute Gasteiger partial charge is 0.237 e. The Hall–Kier alpha value is -0.580. The molecule has 0 bridgehead atoms. The highest BCUT2D eigenvalue weighted by Gasteiger charge is 2.05. The number of aromatic nitrogens is 2. The number of hydrogen-bond acceptors (Lipinski definition) is 3. The van der Waals surface area contributed by atoms with Gasteiger partial charge in [-0.2, -0.15) is 0 Å². The van der Waals surface area contributed by atoms with Crippen molar-refractivity contribution in [3.63, 3.8) is 0 Å². The Kier molecular flexibility index (Phi) is 5.03. The Morgan fingerprint density at radius 3 is 2.78 bits per heavy atom. The molecule has 0 amide bonds. The first-order valence-electron chi connectivity index (χ1n) is 5.58. The maximum Gasteiger partial charge on any atom is 0.140 e. The third-order valence-electron chi connectivity index (χ3n) is 2.35. The number of thioether (sulfide) groups is 1. The summed E-state index contributed by atoms with van der Waals surface area (Å²) in [7, 11) is 0. The van der Waals surface area contributed by atoms with Crippen molar-refractivity contribution in [2.75, 3.05) is 0 Å². The first kappa shape index (κ1) is 13.8. The van der Waals surface area contributed by atoms with E-state index in [4.69, 9.17) is 11.6 Å². The van der Waals surface area contributed by atoms with Crippen LogP contribution in [-0.2, 0) is 12.2 Å². The lowest BCUT2D eigenvalue weighted by Crippen LogP contribution is -1.97. The van der Waals surface area contributed by atoms with Crippen LogP contribution in [0.15, 0.2) is 39.7 Å². The molecule has 0 atom stereocenters. The van der Waals surface area contributed by atoms with E-state index in [0.717, 1.165) is 28.2 Å². The zero-order chi connectivity index (χ0) is 13.0. The molecule has 94 valence electrons. The number of halogens is 2. The first-order valence-corrected chi connectivity index (χ1v) is 7.74. The van der Waals surface area contributed by atoms with Gasteiger partial charge in [-0.1, -0.05) is 30.7 Å². The van der Waals surface area contributed by atoms with E-state index in [2.05, 4.69) is 38.9 Å². The minimum Gasteiger partial charge on any atom is -0.237 e. The minimum absolute atomic E-state index is 0.518. The molecule has 2 nitrogen and oxygen atoms in total. The van der Waals surface area contributed by atoms with Crippen LogP contribution in [-0.4, -0.2) is 9.97 Å². The van der Waals surface area contributed by atoms with Gasteiger partial charge in [-0.25, -0.2) is 9.97 Å². The topological polar surface area (TPSA) is 25.8 Å². The molecule has 0 saturated carbocycles. The average molecular weight is 344 g/mol. The van der Waals surface area contributed by atoms with Crippen molar-refractivity contribution in [2.24, 2.45) is 0 Å². The summed E-state index contributed by atoms with van der Waals surface area (Å²) in [6.07, 6.45) is 0.870. The third kappa shape index (κ3) is 3.70. The molecule has 0 N–H and O–H groups in total. The van der Waals surface area contributed by atoms with Crippen LogP contribution < -0.4 is 0 Å². The van der Waals surface area contributed by atoms with Gasteiger partial charge < -0.3 is 0 Å². The highest BCUT2D eigenvalue weighted by molar-refractivity contribution is 9.10. The third-order valence-corrected chi connectivity index (χ3v) is 4.57. The quantitative estimate of drug-likeness (QED) is 0.592. The fourth-order valence-corrected chi connectivity index (χ4v) is 3.11. The number of hydrogen-bond donors (Lipinski definition) is 0. The van der Waals surface area contributed by atoms with Crippen LogP contribution in [0.2, 0.25) is 5.15 Å². The minimum atomic E-state index is 0.518. The Labute approximate surface area is 124 Å². The lowest BCUT2D eigenvalue weighted by atomic mass is 10.3. The van der Waals surface area contributed by atoms with Crippen molar-refractivity contribution in [2.45, 2.75) is 24.0 Å². The van der Waals surface area contributed by atoms with Gasteiger partial charge in [-0.15, -0.1) is 11.8 Å². The molecule has 18 heavy (non-hydrogen) atoms. The van der Waals surface area contributed by atoms with Crippen molar-refractivity contribution >= 4 is 39.3 Å². The van der Waals surface area contributed by atoms with E-state index in [0.29, 0.717) is 5.15 Å². The van der Waals surface area contributed by atoms with E-state index in [1.165, 1.54) is 4.90 Å². The molecule has 0 aliphatic carbocycles. The van der Waals surface area contributed by atoms with E-state index in [-0.39, 0.29) is 0 Å². The molecule has 0 aliphatic rings. The summed E-state index contributed by atoms with van der Waals surface area (Å²) in [6, 6.07) is 9.93. The smallest absolute Gasteiger partial charge is 0.140 e. The van der Waals surface area contributed by atoms with Crippen LogP contribution >= 0.6 is 39.3 Å². The number of aryl methyl sites for hydroxylation is 1. The fourth-order valence-electron chi connectivity index (χ4n) is 1.47. The van der Waals surface area contributed by atoms with Crippen LogP contribution in [0.25, 0.3) is 0 Å². The molecule has 1 aromatic heterocycles. The van der Waals surface area contributed by atoms with E-state index in [9.17, 15) is 0 Å². The molecule has 0 aliphatic heterocycles. The van der Waals surface area contributed by atoms with E-state index in [1.54, 1.807) is 11.8 Å². The zero-order valence-electron chi connectivity index (χ0n) is 9.86. The van der Waals surface area contributed by atoms with Crippen molar-refractivity contribution < 1.29 is 0 Å². The van der Waals surface area contributed by atoms with Crippen molar-refractivity contribution in [3.05, 3.63) is 51.5 Å². The standard InChI is InChI=1S/C13H12BrClN2S/c1-2-9-7-12(15)17-13(16-9)8-18-11-6-4-3-5-10(11)14/h3-7H,2,8H2,1H3.